The first-order chi connectivity index (χ1) is 8.19. The van der Waals surface area contributed by atoms with Crippen molar-refractivity contribution in [3.05, 3.63) is 35.9 Å². The normalized spacial score (nSPS) is 12.6. The fourth-order valence-corrected chi connectivity index (χ4v) is 2.04. The Morgan fingerprint density at radius 3 is 2.29 bits per heavy atom. The summed E-state index contributed by atoms with van der Waals surface area (Å²) in [7, 11) is 0. The molecule has 1 aromatic rings. The van der Waals surface area contributed by atoms with E-state index in [1.807, 2.05) is 44.2 Å². The van der Waals surface area contributed by atoms with E-state index >= 15 is 0 Å². The Hall–Kier alpha value is -1.35. The molecule has 3 nitrogen and oxygen atoms in total. The highest BCUT2D eigenvalue weighted by atomic mass is 16.4. The maximum absolute atomic E-state index is 11.2. The molecule has 0 amide bonds. The van der Waals surface area contributed by atoms with Gasteiger partial charge in [-0.3, -0.25) is 4.79 Å². The zero-order chi connectivity index (χ0) is 12.7. The highest BCUT2D eigenvalue weighted by molar-refractivity contribution is 5.73. The topological polar surface area (TPSA) is 49.3 Å². The van der Waals surface area contributed by atoms with Crippen LogP contribution in [0.5, 0.6) is 0 Å². The summed E-state index contributed by atoms with van der Waals surface area (Å²) in [5.41, 5.74) is 1.12. The number of nitrogens with one attached hydrogen (secondary N) is 1. The van der Waals surface area contributed by atoms with Crippen molar-refractivity contribution in [1.29, 1.82) is 0 Å². The van der Waals surface area contributed by atoms with E-state index in [4.69, 9.17) is 0 Å². The quantitative estimate of drug-likeness (QED) is 0.764. The molecule has 0 unspecified atom stereocenters. The number of hydrogen-bond donors (Lipinski definition) is 2. The minimum absolute atomic E-state index is 0.191. The summed E-state index contributed by atoms with van der Waals surface area (Å²) in [4.78, 5) is 11.2. The lowest BCUT2D eigenvalue weighted by atomic mass is 9.94. The molecule has 0 bridgehead atoms. The smallest absolute Gasteiger partial charge is 0.320 e. The number of rotatable bonds is 7. The van der Waals surface area contributed by atoms with Crippen LogP contribution in [0.3, 0.4) is 0 Å². The van der Waals surface area contributed by atoms with Crippen LogP contribution < -0.4 is 5.32 Å². The molecule has 0 aliphatic heterocycles. The van der Waals surface area contributed by atoms with Gasteiger partial charge in [-0.1, -0.05) is 57.0 Å². The molecule has 94 valence electrons. The van der Waals surface area contributed by atoms with Crippen molar-refractivity contribution in [3.8, 4) is 0 Å². The van der Waals surface area contributed by atoms with Gasteiger partial charge in [-0.15, -0.1) is 0 Å². The number of carbonyl (C=O) groups is 1. The minimum Gasteiger partial charge on any atom is -0.480 e. The van der Waals surface area contributed by atoms with Crippen LogP contribution in [0, 0.1) is 5.92 Å². The number of hydrogen-bond acceptors (Lipinski definition) is 2. The van der Waals surface area contributed by atoms with Gasteiger partial charge in [0.2, 0.25) is 0 Å². The van der Waals surface area contributed by atoms with Crippen LogP contribution in [0.4, 0.5) is 0 Å². The van der Waals surface area contributed by atoms with Gasteiger partial charge in [0.15, 0.2) is 0 Å². The Kier molecular flexibility index (Phi) is 5.70. The van der Waals surface area contributed by atoms with Gasteiger partial charge in [0, 0.05) is 6.54 Å². The number of aliphatic carboxylic acids is 1. The molecule has 17 heavy (non-hydrogen) atoms. The second-order valence-corrected chi connectivity index (χ2v) is 4.26. The molecule has 0 spiro atoms. The molecule has 1 atom stereocenters. The van der Waals surface area contributed by atoms with Crippen LogP contribution >= 0.6 is 0 Å². The number of carboxylic acid groups (broad SMARTS) is 1. The van der Waals surface area contributed by atoms with Crippen molar-refractivity contribution in [2.24, 2.45) is 5.92 Å². The first-order valence-electron chi connectivity index (χ1n) is 6.19. The standard InChI is InChI=1S/C14H21NO2/c1-3-12(4-2)13(14(16)17)15-10-11-8-6-5-7-9-11/h5-9,12-13,15H,3-4,10H2,1-2H3,(H,16,17)/t13-/m0/s1. The summed E-state index contributed by atoms with van der Waals surface area (Å²) in [6.45, 7) is 4.68. The third-order valence-electron chi connectivity index (χ3n) is 3.16. The van der Waals surface area contributed by atoms with Gasteiger partial charge in [0.1, 0.15) is 6.04 Å². The monoisotopic (exact) mass is 235 g/mol. The predicted octanol–water partition coefficient (Wildman–Crippen LogP) is 2.67. The molecule has 0 aliphatic rings. The molecular weight excluding hydrogens is 214 g/mol. The number of benzene rings is 1. The van der Waals surface area contributed by atoms with Gasteiger partial charge >= 0.3 is 5.97 Å². The Morgan fingerprint density at radius 1 is 1.24 bits per heavy atom. The maximum Gasteiger partial charge on any atom is 0.320 e. The summed E-state index contributed by atoms with van der Waals surface area (Å²) in [5.74, 6) is -0.564. The lowest BCUT2D eigenvalue weighted by Crippen LogP contribution is -2.42. The van der Waals surface area contributed by atoms with Crippen molar-refractivity contribution in [2.75, 3.05) is 0 Å². The fraction of sp³-hybridized carbons (Fsp3) is 0.500. The SMILES string of the molecule is CCC(CC)[C@H](NCc1ccccc1)C(=O)O. The second-order valence-electron chi connectivity index (χ2n) is 4.26. The van der Waals surface area contributed by atoms with Gasteiger partial charge in [0.25, 0.3) is 0 Å². The lowest BCUT2D eigenvalue weighted by molar-refractivity contribution is -0.141. The summed E-state index contributed by atoms with van der Waals surface area (Å²) in [6.07, 6.45) is 1.77. The van der Waals surface area contributed by atoms with Crippen LogP contribution in [0.15, 0.2) is 30.3 Å². The van der Waals surface area contributed by atoms with Crippen LogP contribution in [0.2, 0.25) is 0 Å². The average Bonchev–Trinajstić information content (AvgIpc) is 2.35. The van der Waals surface area contributed by atoms with Gasteiger partial charge in [0.05, 0.1) is 0 Å². The molecule has 0 aliphatic carbocycles. The Morgan fingerprint density at radius 2 is 1.82 bits per heavy atom. The van der Waals surface area contributed by atoms with Gasteiger partial charge in [-0.2, -0.15) is 0 Å². The van der Waals surface area contributed by atoms with Crippen molar-refractivity contribution >= 4 is 5.97 Å². The third kappa shape index (κ3) is 4.19. The largest absolute Gasteiger partial charge is 0.480 e. The van der Waals surface area contributed by atoms with Crippen LogP contribution in [-0.4, -0.2) is 17.1 Å². The molecule has 2 N–H and O–H groups in total. The van der Waals surface area contributed by atoms with Crippen molar-refractivity contribution < 1.29 is 9.90 Å². The van der Waals surface area contributed by atoms with Crippen LogP contribution in [0.1, 0.15) is 32.3 Å². The zero-order valence-corrected chi connectivity index (χ0v) is 10.5. The molecule has 0 saturated heterocycles. The van der Waals surface area contributed by atoms with E-state index in [2.05, 4.69) is 5.32 Å². The highest BCUT2D eigenvalue weighted by Gasteiger charge is 2.24. The summed E-state index contributed by atoms with van der Waals surface area (Å²) in [5, 5.41) is 12.4. The van der Waals surface area contributed by atoms with Gasteiger partial charge in [-0.25, -0.2) is 0 Å². The molecular formula is C14H21NO2. The van der Waals surface area contributed by atoms with E-state index in [1.54, 1.807) is 0 Å². The predicted molar refractivity (Wildman–Crippen MR) is 68.8 cm³/mol. The Bertz CT molecular complexity index is 333. The fourth-order valence-electron chi connectivity index (χ4n) is 2.04. The minimum atomic E-state index is -0.755. The summed E-state index contributed by atoms with van der Waals surface area (Å²) >= 11 is 0. The highest BCUT2D eigenvalue weighted by Crippen LogP contribution is 2.14. The van der Waals surface area contributed by atoms with Crippen molar-refractivity contribution in [3.63, 3.8) is 0 Å². The van der Waals surface area contributed by atoms with Crippen molar-refractivity contribution in [2.45, 2.75) is 39.3 Å². The van der Waals surface area contributed by atoms with E-state index in [0.29, 0.717) is 6.54 Å². The van der Waals surface area contributed by atoms with Gasteiger partial charge in [-0.05, 0) is 11.5 Å². The molecule has 0 radical (unpaired) electrons. The number of carboxylic acids is 1. The molecule has 0 heterocycles. The molecule has 0 fully saturated rings. The van der Waals surface area contributed by atoms with Crippen molar-refractivity contribution in [1.82, 2.24) is 5.32 Å². The van der Waals surface area contributed by atoms with E-state index in [0.717, 1.165) is 18.4 Å². The summed E-state index contributed by atoms with van der Waals surface area (Å²) in [6, 6.07) is 9.43. The molecule has 1 rings (SSSR count). The zero-order valence-electron chi connectivity index (χ0n) is 10.5. The van der Waals surface area contributed by atoms with Gasteiger partial charge < -0.3 is 10.4 Å². The van der Waals surface area contributed by atoms with E-state index < -0.39 is 12.0 Å². The molecule has 1 aromatic carbocycles. The van der Waals surface area contributed by atoms with E-state index in [-0.39, 0.29) is 5.92 Å². The molecule has 0 saturated carbocycles. The second kappa shape index (κ2) is 7.07. The Labute approximate surface area is 103 Å². The molecule has 0 aromatic heterocycles. The maximum atomic E-state index is 11.2. The molecule has 3 heteroatoms. The average molecular weight is 235 g/mol. The van der Waals surface area contributed by atoms with Crippen LogP contribution in [-0.2, 0) is 11.3 Å². The summed E-state index contributed by atoms with van der Waals surface area (Å²) < 4.78 is 0. The van der Waals surface area contributed by atoms with E-state index in [9.17, 15) is 9.90 Å². The first kappa shape index (κ1) is 13.7. The lowest BCUT2D eigenvalue weighted by Gasteiger charge is -2.22. The van der Waals surface area contributed by atoms with Crippen LogP contribution in [0.25, 0.3) is 0 Å². The van der Waals surface area contributed by atoms with E-state index in [1.165, 1.54) is 0 Å². The first-order valence-corrected chi connectivity index (χ1v) is 6.19. The third-order valence-corrected chi connectivity index (χ3v) is 3.16. The Balaban J connectivity index is 2.59.